The van der Waals surface area contributed by atoms with Gasteiger partial charge in [-0.2, -0.15) is 0 Å². The zero-order chi connectivity index (χ0) is 17.9. The molecule has 8 heteroatoms. The first-order valence-corrected chi connectivity index (χ1v) is 7.82. The second kappa shape index (κ2) is 7.63. The van der Waals surface area contributed by atoms with Gasteiger partial charge in [0.15, 0.2) is 5.82 Å². The van der Waals surface area contributed by atoms with Crippen LogP contribution in [0.2, 0.25) is 5.15 Å². The van der Waals surface area contributed by atoms with E-state index in [9.17, 15) is 4.79 Å². The van der Waals surface area contributed by atoms with Crippen molar-refractivity contribution in [1.29, 1.82) is 0 Å². The van der Waals surface area contributed by atoms with Crippen LogP contribution in [0.4, 0.5) is 11.5 Å². The molecule has 1 N–H and O–H groups in total. The molecule has 0 unspecified atom stereocenters. The van der Waals surface area contributed by atoms with Crippen molar-refractivity contribution in [2.75, 3.05) is 26.1 Å². The molecule has 0 fully saturated rings. The molecule has 0 saturated carbocycles. The number of ether oxygens (including phenoxy) is 2. The molecule has 2 aromatic heterocycles. The molecule has 0 spiro atoms. The molecule has 0 amide bonds. The number of aromatic nitrogens is 3. The molecule has 2 rings (SSSR count). The highest BCUT2D eigenvalue weighted by atomic mass is 35.5. The Balaban J connectivity index is 2.44. The Kier molecular flexibility index (Phi) is 5.80. The fourth-order valence-corrected chi connectivity index (χ4v) is 2.54. The largest absolute Gasteiger partial charge is 0.481 e. The van der Waals surface area contributed by atoms with Crippen LogP contribution in [-0.4, -0.2) is 35.4 Å². The minimum Gasteiger partial charge on any atom is -0.481 e. The molecule has 24 heavy (non-hydrogen) atoms. The number of hydrogen-bond acceptors (Lipinski definition) is 6. The highest BCUT2D eigenvalue weighted by Crippen LogP contribution is 2.24. The summed E-state index contributed by atoms with van der Waals surface area (Å²) in [7, 11) is 3.15. The van der Waals surface area contributed by atoms with Gasteiger partial charge < -0.3 is 19.4 Å². The highest BCUT2D eigenvalue weighted by molar-refractivity contribution is 6.29. The third-order valence-corrected chi connectivity index (χ3v) is 3.77. The van der Waals surface area contributed by atoms with Crippen LogP contribution in [0.25, 0.3) is 0 Å². The Morgan fingerprint density at radius 2 is 2.04 bits per heavy atom. The van der Waals surface area contributed by atoms with Gasteiger partial charge in [-0.1, -0.05) is 11.6 Å². The zero-order valence-corrected chi connectivity index (χ0v) is 15.1. The topological polar surface area (TPSA) is 78.3 Å². The summed E-state index contributed by atoms with van der Waals surface area (Å²) in [5.74, 6) is 0.683. The molecular formula is C16H21ClN4O3. The summed E-state index contributed by atoms with van der Waals surface area (Å²) in [6.07, 6.45) is 1.50. The number of nitrogens with zero attached hydrogens (tertiary/aromatic N) is 3. The van der Waals surface area contributed by atoms with Crippen LogP contribution in [0.15, 0.2) is 17.1 Å². The van der Waals surface area contributed by atoms with Gasteiger partial charge in [0.05, 0.1) is 31.1 Å². The van der Waals surface area contributed by atoms with Crippen molar-refractivity contribution in [3.05, 3.63) is 39.0 Å². The first-order valence-electron chi connectivity index (χ1n) is 7.44. The average Bonchev–Trinajstić information content (AvgIpc) is 2.53. The molecule has 0 bridgehead atoms. The van der Waals surface area contributed by atoms with Crippen LogP contribution in [0.5, 0.6) is 5.88 Å². The Morgan fingerprint density at radius 1 is 1.33 bits per heavy atom. The Morgan fingerprint density at radius 3 is 2.67 bits per heavy atom. The van der Waals surface area contributed by atoms with E-state index in [1.807, 2.05) is 26.8 Å². The van der Waals surface area contributed by atoms with E-state index < -0.39 is 0 Å². The number of hydrogen-bond donors (Lipinski definition) is 1. The van der Waals surface area contributed by atoms with Crippen LogP contribution in [0.1, 0.15) is 24.2 Å². The van der Waals surface area contributed by atoms with Crippen molar-refractivity contribution in [2.24, 2.45) is 0 Å². The van der Waals surface area contributed by atoms with E-state index >= 15 is 0 Å². The van der Waals surface area contributed by atoms with Gasteiger partial charge in [0, 0.05) is 18.9 Å². The van der Waals surface area contributed by atoms with Crippen molar-refractivity contribution < 1.29 is 9.47 Å². The summed E-state index contributed by atoms with van der Waals surface area (Å²) in [5.41, 5.74) is 1.93. The SMILES string of the molecule is COC[C@@H](C)n1cc(Cl)nc(Nc2cc(C)c(OC)nc2C)c1=O. The number of aryl methyl sites for hydroxylation is 2. The van der Waals surface area contributed by atoms with Crippen LogP contribution in [-0.2, 0) is 4.74 Å². The van der Waals surface area contributed by atoms with Crippen molar-refractivity contribution >= 4 is 23.1 Å². The molecule has 2 aromatic rings. The fourth-order valence-electron chi connectivity index (χ4n) is 2.35. The lowest BCUT2D eigenvalue weighted by Crippen LogP contribution is -2.28. The van der Waals surface area contributed by atoms with Crippen molar-refractivity contribution in [1.82, 2.24) is 14.5 Å². The first-order chi connectivity index (χ1) is 11.4. The minimum absolute atomic E-state index is 0.139. The standard InChI is InChI=1S/C16H21ClN4O3/c1-9-6-12(11(3)18-15(9)24-5)19-14-16(22)21(7-13(17)20-14)10(2)8-23-4/h6-7,10H,8H2,1-5H3,(H,19,20)/t10-/m1/s1. The summed E-state index contributed by atoms with van der Waals surface area (Å²) in [5, 5.41) is 3.24. The number of rotatable bonds is 6. The predicted molar refractivity (Wildman–Crippen MR) is 93.6 cm³/mol. The van der Waals surface area contributed by atoms with Crippen molar-refractivity contribution in [2.45, 2.75) is 26.8 Å². The quantitative estimate of drug-likeness (QED) is 0.861. The third-order valence-electron chi connectivity index (χ3n) is 3.59. The Hall–Kier alpha value is -2.12. The predicted octanol–water partition coefficient (Wildman–Crippen LogP) is 2.87. The summed E-state index contributed by atoms with van der Waals surface area (Å²) >= 11 is 6.06. The third kappa shape index (κ3) is 3.85. The van der Waals surface area contributed by atoms with Crippen LogP contribution < -0.4 is 15.6 Å². The van der Waals surface area contributed by atoms with Gasteiger partial charge in [0.25, 0.3) is 5.56 Å². The van der Waals surface area contributed by atoms with Gasteiger partial charge in [0.1, 0.15) is 5.15 Å². The summed E-state index contributed by atoms with van der Waals surface area (Å²) in [6.45, 7) is 5.96. The first kappa shape index (κ1) is 18.2. The van der Waals surface area contributed by atoms with Gasteiger partial charge in [-0.05, 0) is 26.8 Å². The van der Waals surface area contributed by atoms with Gasteiger partial charge in [0.2, 0.25) is 5.88 Å². The van der Waals surface area contributed by atoms with Crippen molar-refractivity contribution in [3.63, 3.8) is 0 Å². The molecule has 130 valence electrons. The normalized spacial score (nSPS) is 12.1. The van der Waals surface area contributed by atoms with Crippen molar-refractivity contribution in [3.8, 4) is 5.88 Å². The zero-order valence-electron chi connectivity index (χ0n) is 14.4. The van der Waals surface area contributed by atoms with E-state index in [1.54, 1.807) is 14.2 Å². The van der Waals surface area contributed by atoms with E-state index in [0.29, 0.717) is 23.9 Å². The molecule has 7 nitrogen and oxygen atoms in total. The van der Waals surface area contributed by atoms with Gasteiger partial charge in [-0.15, -0.1) is 0 Å². The lowest BCUT2D eigenvalue weighted by Gasteiger charge is -2.17. The van der Waals surface area contributed by atoms with Crippen LogP contribution in [0, 0.1) is 13.8 Å². The van der Waals surface area contributed by atoms with E-state index in [1.165, 1.54) is 10.8 Å². The van der Waals surface area contributed by atoms with Crippen LogP contribution >= 0.6 is 11.6 Å². The molecule has 0 saturated heterocycles. The number of pyridine rings is 1. The Bertz CT molecular complexity index is 792. The van der Waals surface area contributed by atoms with Gasteiger partial charge in [-0.3, -0.25) is 4.79 Å². The smallest absolute Gasteiger partial charge is 0.294 e. The lowest BCUT2D eigenvalue weighted by atomic mass is 10.2. The maximum atomic E-state index is 12.6. The fraction of sp³-hybridized carbons (Fsp3) is 0.438. The highest BCUT2D eigenvalue weighted by Gasteiger charge is 2.15. The lowest BCUT2D eigenvalue weighted by molar-refractivity contribution is 0.161. The monoisotopic (exact) mass is 352 g/mol. The summed E-state index contributed by atoms with van der Waals surface area (Å²) in [6, 6.07) is 1.69. The van der Waals surface area contributed by atoms with E-state index in [2.05, 4.69) is 15.3 Å². The second-order valence-electron chi connectivity index (χ2n) is 5.50. The number of nitrogens with one attached hydrogen (secondary N) is 1. The molecule has 0 aliphatic rings. The maximum absolute atomic E-state index is 12.6. The molecular weight excluding hydrogens is 332 g/mol. The van der Waals surface area contributed by atoms with Gasteiger partial charge in [-0.25, -0.2) is 9.97 Å². The molecule has 0 aliphatic carbocycles. The van der Waals surface area contributed by atoms with E-state index in [4.69, 9.17) is 21.1 Å². The van der Waals surface area contributed by atoms with Gasteiger partial charge >= 0.3 is 0 Å². The molecule has 0 aliphatic heterocycles. The number of anilines is 2. The molecule has 0 aromatic carbocycles. The number of methoxy groups -OCH3 is 2. The summed E-state index contributed by atoms with van der Waals surface area (Å²) < 4.78 is 11.8. The van der Waals surface area contributed by atoms with E-state index in [-0.39, 0.29) is 22.6 Å². The van der Waals surface area contributed by atoms with Crippen LogP contribution in [0.3, 0.4) is 0 Å². The average molecular weight is 353 g/mol. The molecule has 0 radical (unpaired) electrons. The molecule has 2 heterocycles. The number of halogens is 1. The maximum Gasteiger partial charge on any atom is 0.294 e. The van der Waals surface area contributed by atoms with E-state index in [0.717, 1.165) is 5.56 Å². The molecule has 1 atom stereocenters. The Labute approximate surface area is 145 Å². The minimum atomic E-state index is -0.281. The summed E-state index contributed by atoms with van der Waals surface area (Å²) in [4.78, 5) is 21.1. The second-order valence-corrected chi connectivity index (χ2v) is 5.89.